The van der Waals surface area contributed by atoms with Gasteiger partial charge in [-0.2, -0.15) is 0 Å². The number of hydrogen-bond acceptors (Lipinski definition) is 3. The van der Waals surface area contributed by atoms with Crippen LogP contribution in [0.25, 0.3) is 0 Å². The van der Waals surface area contributed by atoms with Gasteiger partial charge in [0, 0.05) is 22.4 Å². The normalized spacial score (nSPS) is 12.2. The fourth-order valence-electron chi connectivity index (χ4n) is 1.70. The molecule has 0 spiro atoms. The zero-order valence-electron chi connectivity index (χ0n) is 9.73. The van der Waals surface area contributed by atoms with E-state index in [9.17, 15) is 4.39 Å². The first kappa shape index (κ1) is 13.0. The number of aromatic nitrogens is 1. The molecule has 5 heteroatoms. The van der Waals surface area contributed by atoms with Crippen LogP contribution in [0.15, 0.2) is 41.1 Å². The molecule has 0 fully saturated rings. The second-order valence-corrected chi connectivity index (χ2v) is 4.69. The summed E-state index contributed by atoms with van der Waals surface area (Å²) in [4.78, 5) is 4.02. The number of ether oxygens (including phenoxy) is 1. The van der Waals surface area contributed by atoms with Gasteiger partial charge in [0.1, 0.15) is 0 Å². The van der Waals surface area contributed by atoms with E-state index in [0.29, 0.717) is 5.56 Å². The topological polar surface area (TPSA) is 48.1 Å². The molecule has 2 aromatic rings. The molecule has 0 aliphatic heterocycles. The minimum absolute atomic E-state index is 0.186. The molecule has 1 unspecified atom stereocenters. The van der Waals surface area contributed by atoms with E-state index < -0.39 is 11.9 Å². The smallest absolute Gasteiger partial charge is 0.170 e. The molecule has 1 aromatic heterocycles. The summed E-state index contributed by atoms with van der Waals surface area (Å²) in [7, 11) is 1.42. The lowest BCUT2D eigenvalue weighted by Crippen LogP contribution is -2.14. The minimum Gasteiger partial charge on any atom is -0.494 e. The van der Waals surface area contributed by atoms with Crippen molar-refractivity contribution in [2.45, 2.75) is 6.04 Å². The van der Waals surface area contributed by atoms with E-state index in [1.54, 1.807) is 30.6 Å². The molecule has 0 radical (unpaired) electrons. The summed E-state index contributed by atoms with van der Waals surface area (Å²) in [6.07, 6.45) is 3.27. The van der Waals surface area contributed by atoms with Gasteiger partial charge in [0.2, 0.25) is 0 Å². The zero-order valence-corrected chi connectivity index (χ0v) is 11.3. The summed E-state index contributed by atoms with van der Waals surface area (Å²) in [5, 5.41) is 0. The number of methoxy groups -OCH3 is 1. The molecule has 0 saturated carbocycles. The Labute approximate surface area is 113 Å². The van der Waals surface area contributed by atoms with Gasteiger partial charge in [-0.15, -0.1) is 0 Å². The van der Waals surface area contributed by atoms with E-state index in [-0.39, 0.29) is 5.75 Å². The fourth-order valence-corrected chi connectivity index (χ4v) is 2.09. The SMILES string of the molecule is COc1cccc(C(N)c2cncc(Br)c2)c1F. The molecule has 0 aliphatic carbocycles. The van der Waals surface area contributed by atoms with Crippen LogP contribution in [0.4, 0.5) is 4.39 Å². The van der Waals surface area contributed by atoms with Crippen molar-refractivity contribution in [2.75, 3.05) is 7.11 Å². The molecule has 1 aromatic carbocycles. The Morgan fingerprint density at radius 2 is 2.17 bits per heavy atom. The van der Waals surface area contributed by atoms with Crippen molar-refractivity contribution in [1.82, 2.24) is 4.98 Å². The summed E-state index contributed by atoms with van der Waals surface area (Å²) >= 11 is 3.31. The largest absolute Gasteiger partial charge is 0.494 e. The maximum Gasteiger partial charge on any atom is 0.170 e. The Balaban J connectivity index is 2.43. The highest BCUT2D eigenvalue weighted by atomic mass is 79.9. The number of halogens is 2. The molecule has 0 aliphatic rings. The van der Waals surface area contributed by atoms with Crippen LogP contribution in [0.1, 0.15) is 17.2 Å². The van der Waals surface area contributed by atoms with Crippen LogP contribution in [-0.4, -0.2) is 12.1 Å². The van der Waals surface area contributed by atoms with E-state index in [4.69, 9.17) is 10.5 Å². The lowest BCUT2D eigenvalue weighted by Gasteiger charge is -2.14. The molecule has 0 amide bonds. The molecule has 3 nitrogen and oxygen atoms in total. The number of rotatable bonds is 3. The fraction of sp³-hybridized carbons (Fsp3) is 0.154. The van der Waals surface area contributed by atoms with E-state index >= 15 is 0 Å². The Morgan fingerprint density at radius 1 is 1.39 bits per heavy atom. The highest BCUT2D eigenvalue weighted by Crippen LogP contribution is 2.28. The van der Waals surface area contributed by atoms with Gasteiger partial charge in [0.25, 0.3) is 0 Å². The van der Waals surface area contributed by atoms with Gasteiger partial charge in [0.15, 0.2) is 11.6 Å². The summed E-state index contributed by atoms with van der Waals surface area (Å²) in [5.41, 5.74) is 7.17. The quantitative estimate of drug-likeness (QED) is 0.948. The van der Waals surface area contributed by atoms with Crippen molar-refractivity contribution in [3.63, 3.8) is 0 Å². The molecule has 1 heterocycles. The Morgan fingerprint density at radius 3 is 2.83 bits per heavy atom. The van der Waals surface area contributed by atoms with Crippen LogP contribution >= 0.6 is 15.9 Å². The molecular weight excluding hydrogens is 299 g/mol. The van der Waals surface area contributed by atoms with Crippen molar-refractivity contribution in [3.05, 3.63) is 58.1 Å². The first-order valence-corrected chi connectivity index (χ1v) is 6.11. The van der Waals surface area contributed by atoms with E-state index in [1.807, 2.05) is 6.07 Å². The third-order valence-electron chi connectivity index (χ3n) is 2.63. The average Bonchev–Trinajstić information content (AvgIpc) is 2.38. The monoisotopic (exact) mass is 310 g/mol. The average molecular weight is 311 g/mol. The predicted octanol–water partition coefficient (Wildman–Crippen LogP) is 3.04. The number of benzene rings is 1. The molecule has 0 bridgehead atoms. The van der Waals surface area contributed by atoms with Crippen LogP contribution in [0, 0.1) is 5.82 Å². The third-order valence-corrected chi connectivity index (χ3v) is 3.07. The molecule has 2 rings (SSSR count). The van der Waals surface area contributed by atoms with Gasteiger partial charge in [-0.3, -0.25) is 4.98 Å². The molecule has 1 atom stereocenters. The van der Waals surface area contributed by atoms with Gasteiger partial charge in [-0.1, -0.05) is 12.1 Å². The maximum absolute atomic E-state index is 14.1. The number of hydrogen-bond donors (Lipinski definition) is 1. The summed E-state index contributed by atoms with van der Waals surface area (Å²) in [6, 6.07) is 6.15. The van der Waals surface area contributed by atoms with Crippen LogP contribution in [0.3, 0.4) is 0 Å². The van der Waals surface area contributed by atoms with Gasteiger partial charge in [-0.25, -0.2) is 4.39 Å². The lowest BCUT2D eigenvalue weighted by molar-refractivity contribution is 0.383. The number of nitrogens with two attached hydrogens (primary N) is 1. The van der Waals surface area contributed by atoms with Gasteiger partial charge in [-0.05, 0) is 33.6 Å². The first-order valence-electron chi connectivity index (χ1n) is 5.32. The maximum atomic E-state index is 14.1. The van der Waals surface area contributed by atoms with Gasteiger partial charge >= 0.3 is 0 Å². The van der Waals surface area contributed by atoms with Crippen LogP contribution in [0.2, 0.25) is 0 Å². The van der Waals surface area contributed by atoms with E-state index in [2.05, 4.69) is 20.9 Å². The first-order chi connectivity index (χ1) is 8.63. The molecular formula is C13H12BrFN2O. The number of nitrogens with zero attached hydrogens (tertiary/aromatic N) is 1. The number of pyridine rings is 1. The van der Waals surface area contributed by atoms with Gasteiger partial charge in [0.05, 0.1) is 13.2 Å². The molecule has 2 N–H and O–H groups in total. The minimum atomic E-state index is -0.579. The Hall–Kier alpha value is -1.46. The van der Waals surface area contributed by atoms with Crippen molar-refractivity contribution in [3.8, 4) is 5.75 Å². The standard InChI is InChI=1S/C13H12BrFN2O/c1-18-11-4-2-3-10(12(11)15)13(16)8-5-9(14)7-17-6-8/h2-7,13H,16H2,1H3. The van der Waals surface area contributed by atoms with E-state index in [0.717, 1.165) is 10.0 Å². The van der Waals surface area contributed by atoms with Crippen LogP contribution in [-0.2, 0) is 0 Å². The Bertz CT molecular complexity index is 562. The Kier molecular flexibility index (Phi) is 3.93. The van der Waals surface area contributed by atoms with Crippen LogP contribution < -0.4 is 10.5 Å². The lowest BCUT2D eigenvalue weighted by atomic mass is 10.0. The van der Waals surface area contributed by atoms with Crippen LogP contribution in [0.5, 0.6) is 5.75 Å². The summed E-state index contributed by atoms with van der Waals surface area (Å²) in [6.45, 7) is 0. The summed E-state index contributed by atoms with van der Waals surface area (Å²) in [5.74, 6) is -0.251. The predicted molar refractivity (Wildman–Crippen MR) is 70.9 cm³/mol. The second kappa shape index (κ2) is 5.46. The molecule has 94 valence electrons. The van der Waals surface area contributed by atoms with Crippen molar-refractivity contribution in [2.24, 2.45) is 5.73 Å². The highest BCUT2D eigenvalue weighted by Gasteiger charge is 2.17. The van der Waals surface area contributed by atoms with E-state index in [1.165, 1.54) is 7.11 Å². The van der Waals surface area contributed by atoms with Crippen molar-refractivity contribution < 1.29 is 9.13 Å². The van der Waals surface area contributed by atoms with Crippen molar-refractivity contribution >= 4 is 15.9 Å². The zero-order chi connectivity index (χ0) is 13.1. The summed E-state index contributed by atoms with van der Waals surface area (Å²) < 4.78 is 19.8. The van der Waals surface area contributed by atoms with Crippen molar-refractivity contribution in [1.29, 1.82) is 0 Å². The highest BCUT2D eigenvalue weighted by molar-refractivity contribution is 9.10. The molecule has 0 saturated heterocycles. The second-order valence-electron chi connectivity index (χ2n) is 3.78. The molecule has 18 heavy (non-hydrogen) atoms. The third kappa shape index (κ3) is 2.52. The van der Waals surface area contributed by atoms with Gasteiger partial charge < -0.3 is 10.5 Å².